The van der Waals surface area contributed by atoms with Crippen LogP contribution in [0.3, 0.4) is 0 Å². The molecule has 1 aliphatic carbocycles. The van der Waals surface area contributed by atoms with Crippen LogP contribution < -0.4 is 26.8 Å². The van der Waals surface area contributed by atoms with Gasteiger partial charge in [-0.1, -0.05) is 13.8 Å². The van der Waals surface area contributed by atoms with Gasteiger partial charge in [0.1, 0.15) is 18.5 Å². The average Bonchev–Trinajstić information content (AvgIpc) is 3.05. The number of fused-ring (bicyclic) bond motifs is 1. The first-order valence-electron chi connectivity index (χ1n) is 10.1. The molecule has 0 spiro atoms. The SMILES string of the molecule is CC(C)CN=C(NC(=O)C1CCC(F)C(F)C1)NC1NNC2CCCNC21. The van der Waals surface area contributed by atoms with Gasteiger partial charge in [0.2, 0.25) is 5.91 Å². The molecule has 3 aliphatic rings. The maximum atomic E-state index is 13.7. The molecule has 2 heterocycles. The number of carbonyl (C=O) groups is 1. The number of aliphatic imine (C=N–C) groups is 1. The maximum Gasteiger partial charge on any atom is 0.229 e. The van der Waals surface area contributed by atoms with Gasteiger partial charge in [0.15, 0.2) is 5.96 Å². The predicted octanol–water partition coefficient (Wildman–Crippen LogP) is 0.735. The van der Waals surface area contributed by atoms with Gasteiger partial charge in [-0.3, -0.25) is 20.5 Å². The number of rotatable bonds is 4. The third kappa shape index (κ3) is 5.36. The van der Waals surface area contributed by atoms with Crippen molar-refractivity contribution in [3.8, 4) is 0 Å². The van der Waals surface area contributed by atoms with Crippen LogP contribution in [-0.4, -0.2) is 55.5 Å². The molecule has 3 fully saturated rings. The van der Waals surface area contributed by atoms with Crippen LogP contribution in [0.5, 0.6) is 0 Å². The van der Waals surface area contributed by atoms with Crippen LogP contribution in [0.25, 0.3) is 0 Å². The minimum absolute atomic E-state index is 0.0695. The van der Waals surface area contributed by atoms with Crippen LogP contribution in [0.2, 0.25) is 0 Å². The highest BCUT2D eigenvalue weighted by molar-refractivity contribution is 5.98. The largest absolute Gasteiger partial charge is 0.338 e. The molecule has 0 aromatic rings. The van der Waals surface area contributed by atoms with E-state index in [2.05, 4.69) is 31.8 Å². The number of carbonyl (C=O) groups excluding carboxylic acids is 1. The van der Waals surface area contributed by atoms with E-state index in [1.54, 1.807) is 0 Å². The van der Waals surface area contributed by atoms with Gasteiger partial charge < -0.3 is 10.6 Å². The summed E-state index contributed by atoms with van der Waals surface area (Å²) in [5.41, 5.74) is 6.49. The lowest BCUT2D eigenvalue weighted by Gasteiger charge is -2.30. The van der Waals surface area contributed by atoms with E-state index in [4.69, 9.17) is 0 Å². The van der Waals surface area contributed by atoms with Gasteiger partial charge in [0.05, 0.1) is 6.04 Å². The lowest BCUT2D eigenvalue weighted by molar-refractivity contribution is -0.125. The number of halogens is 2. The van der Waals surface area contributed by atoms with E-state index in [-0.39, 0.29) is 31.0 Å². The Hall–Kier alpha value is -1.32. The van der Waals surface area contributed by atoms with Gasteiger partial charge in [-0.05, 0) is 44.6 Å². The average molecular weight is 386 g/mol. The molecule has 0 aromatic heterocycles. The minimum atomic E-state index is -1.56. The predicted molar refractivity (Wildman–Crippen MR) is 100 cm³/mol. The van der Waals surface area contributed by atoms with Gasteiger partial charge >= 0.3 is 0 Å². The monoisotopic (exact) mass is 386 g/mol. The molecular weight excluding hydrogens is 354 g/mol. The molecule has 1 amide bonds. The molecule has 0 bridgehead atoms. The van der Waals surface area contributed by atoms with E-state index in [9.17, 15) is 13.6 Å². The first-order valence-corrected chi connectivity index (χ1v) is 10.1. The van der Waals surface area contributed by atoms with Crippen LogP contribution >= 0.6 is 0 Å². The number of piperidine rings is 1. The highest BCUT2D eigenvalue weighted by atomic mass is 19.2. The fourth-order valence-corrected chi connectivity index (χ4v) is 3.91. The van der Waals surface area contributed by atoms with Gasteiger partial charge in [-0.25, -0.2) is 14.2 Å². The fraction of sp³-hybridized carbons (Fsp3) is 0.889. The van der Waals surface area contributed by atoms with E-state index in [1.807, 2.05) is 13.8 Å². The van der Waals surface area contributed by atoms with Gasteiger partial charge in [0, 0.05) is 18.5 Å². The summed E-state index contributed by atoms with van der Waals surface area (Å²) in [6, 6.07) is 0.516. The van der Waals surface area contributed by atoms with Crippen molar-refractivity contribution >= 4 is 11.9 Å². The van der Waals surface area contributed by atoms with Crippen LogP contribution in [0.15, 0.2) is 4.99 Å². The summed E-state index contributed by atoms with van der Waals surface area (Å²) in [5.74, 6) is -0.0862. The molecule has 6 unspecified atom stereocenters. The van der Waals surface area contributed by atoms with Crippen molar-refractivity contribution in [2.75, 3.05) is 13.1 Å². The molecule has 3 rings (SSSR count). The molecule has 9 heteroatoms. The summed E-state index contributed by atoms with van der Waals surface area (Å²) in [6.45, 7) is 5.62. The first-order chi connectivity index (χ1) is 12.9. The normalized spacial score (nSPS) is 37.1. The topological polar surface area (TPSA) is 89.6 Å². The second-order valence-electron chi connectivity index (χ2n) is 8.25. The molecule has 1 saturated carbocycles. The van der Waals surface area contributed by atoms with Crippen molar-refractivity contribution < 1.29 is 13.6 Å². The summed E-state index contributed by atoms with van der Waals surface area (Å²) in [7, 11) is 0. The summed E-state index contributed by atoms with van der Waals surface area (Å²) >= 11 is 0. The van der Waals surface area contributed by atoms with Crippen molar-refractivity contribution in [1.29, 1.82) is 0 Å². The Bertz CT molecular complexity index is 546. The summed E-state index contributed by atoms with van der Waals surface area (Å²) in [4.78, 5) is 17.1. The van der Waals surface area contributed by atoms with E-state index in [1.165, 1.54) is 0 Å². The Kier molecular flexibility index (Phi) is 6.99. The van der Waals surface area contributed by atoms with Crippen molar-refractivity contribution in [3.05, 3.63) is 0 Å². The number of nitrogens with zero attached hydrogens (tertiary/aromatic N) is 1. The lowest BCUT2D eigenvalue weighted by atomic mass is 9.86. The molecule has 27 heavy (non-hydrogen) atoms. The number of hydrazine groups is 1. The highest BCUT2D eigenvalue weighted by Crippen LogP contribution is 2.29. The van der Waals surface area contributed by atoms with Gasteiger partial charge in [-0.15, -0.1) is 0 Å². The summed E-state index contributed by atoms with van der Waals surface area (Å²) < 4.78 is 27.0. The quantitative estimate of drug-likeness (QED) is 0.363. The number of amides is 1. The maximum absolute atomic E-state index is 13.7. The zero-order chi connectivity index (χ0) is 19.4. The van der Waals surface area contributed by atoms with E-state index >= 15 is 0 Å². The second kappa shape index (κ2) is 9.25. The molecule has 0 aromatic carbocycles. The van der Waals surface area contributed by atoms with Crippen molar-refractivity contribution in [1.82, 2.24) is 26.8 Å². The standard InChI is InChI=1S/C18H32F2N6O/c1-10(2)9-22-18(23-16-15-14(25-26-16)4-3-7-21-15)24-17(27)11-5-6-12(19)13(20)8-11/h10-16,21,25-26H,3-9H2,1-2H3,(H2,22,23,24,27). The number of alkyl halides is 2. The Morgan fingerprint density at radius 1 is 1.19 bits per heavy atom. The van der Waals surface area contributed by atoms with Crippen molar-refractivity contribution in [3.63, 3.8) is 0 Å². The molecule has 0 radical (unpaired) electrons. The van der Waals surface area contributed by atoms with E-state index in [0.717, 1.165) is 19.4 Å². The molecule has 7 nitrogen and oxygen atoms in total. The fourth-order valence-electron chi connectivity index (χ4n) is 3.91. The molecular formula is C18H32F2N6O. The van der Waals surface area contributed by atoms with E-state index in [0.29, 0.717) is 30.9 Å². The molecule has 5 N–H and O–H groups in total. The lowest BCUT2D eigenvalue weighted by Crippen LogP contribution is -2.59. The number of guanidine groups is 1. The third-order valence-electron chi connectivity index (χ3n) is 5.50. The second-order valence-corrected chi connectivity index (χ2v) is 8.25. The number of hydrogen-bond acceptors (Lipinski definition) is 5. The minimum Gasteiger partial charge on any atom is -0.338 e. The first kappa shape index (κ1) is 20.4. The molecule has 2 saturated heterocycles. The molecule has 154 valence electrons. The van der Waals surface area contributed by atoms with Crippen LogP contribution in [0.1, 0.15) is 46.0 Å². The van der Waals surface area contributed by atoms with Crippen LogP contribution in [0, 0.1) is 11.8 Å². The third-order valence-corrected chi connectivity index (χ3v) is 5.50. The zero-order valence-electron chi connectivity index (χ0n) is 16.1. The molecule has 6 atom stereocenters. The van der Waals surface area contributed by atoms with E-state index < -0.39 is 18.3 Å². The van der Waals surface area contributed by atoms with Crippen LogP contribution in [-0.2, 0) is 4.79 Å². The Balaban J connectivity index is 1.61. The summed E-state index contributed by atoms with van der Waals surface area (Å²) in [5, 5.41) is 9.57. The smallest absolute Gasteiger partial charge is 0.229 e. The van der Waals surface area contributed by atoms with Crippen molar-refractivity contribution in [2.24, 2.45) is 16.8 Å². The summed E-state index contributed by atoms with van der Waals surface area (Å²) in [6.07, 6.45) is -0.548. The Labute approximate surface area is 159 Å². The Morgan fingerprint density at radius 2 is 2.00 bits per heavy atom. The number of nitrogens with one attached hydrogen (secondary N) is 5. The van der Waals surface area contributed by atoms with Gasteiger partial charge in [0.25, 0.3) is 0 Å². The zero-order valence-corrected chi connectivity index (χ0v) is 16.1. The number of hydrogen-bond donors (Lipinski definition) is 5. The van der Waals surface area contributed by atoms with Crippen LogP contribution in [0.4, 0.5) is 8.78 Å². The molecule has 2 aliphatic heterocycles. The Morgan fingerprint density at radius 3 is 2.74 bits per heavy atom. The van der Waals surface area contributed by atoms with Gasteiger partial charge in [-0.2, -0.15) is 0 Å². The van der Waals surface area contributed by atoms with Crippen molar-refractivity contribution in [2.45, 2.75) is 76.5 Å². The highest BCUT2D eigenvalue weighted by Gasteiger charge is 2.38.